The number of thiocarbonyl (C=S) groups is 1. The number of hydrogen-bond acceptors (Lipinski definition) is 5. The van der Waals surface area contributed by atoms with Crippen molar-refractivity contribution in [3.05, 3.63) is 0 Å². The molecule has 0 saturated carbocycles. The van der Waals surface area contributed by atoms with E-state index in [1.54, 1.807) is 0 Å². The molecule has 0 amide bonds. The van der Waals surface area contributed by atoms with Crippen LogP contribution in [0.15, 0.2) is 0 Å². The lowest BCUT2D eigenvalue weighted by Crippen LogP contribution is -2.37. The molecule has 0 unspecified atom stereocenters. The molecule has 0 aromatic carbocycles. The van der Waals surface area contributed by atoms with Gasteiger partial charge in [0.15, 0.2) is 5.75 Å². The third kappa shape index (κ3) is 4.49. The van der Waals surface area contributed by atoms with Gasteiger partial charge in [0.05, 0.1) is 18.6 Å². The lowest BCUT2D eigenvalue weighted by molar-refractivity contribution is -0.137. The Labute approximate surface area is 88.1 Å². The van der Waals surface area contributed by atoms with Crippen LogP contribution in [0.3, 0.4) is 0 Å². The molecular weight excluding hydrogens is 228 g/mol. The number of rotatable bonds is 5. The van der Waals surface area contributed by atoms with E-state index >= 15 is 0 Å². The molecular formula is C6H12N2O4S2. The van der Waals surface area contributed by atoms with E-state index < -0.39 is 21.7 Å². The van der Waals surface area contributed by atoms with Crippen molar-refractivity contribution < 1.29 is 17.9 Å². The average molecular weight is 240 g/mol. The first kappa shape index (κ1) is 13.3. The number of likely N-dealkylation sites (N-methyl/N-ethyl adjacent to an activating group) is 1. The Morgan fingerprint density at radius 3 is 2.43 bits per heavy atom. The Bertz CT molecular complexity index is 325. The number of sulfonamides is 1. The first-order valence-electron chi connectivity index (χ1n) is 3.58. The maximum absolute atomic E-state index is 11.3. The minimum Gasteiger partial charge on any atom is -0.468 e. The number of methoxy groups -OCH3 is 1. The molecule has 0 atom stereocenters. The summed E-state index contributed by atoms with van der Waals surface area (Å²) in [6.45, 7) is -0.0886. The van der Waals surface area contributed by atoms with Crippen molar-refractivity contribution in [2.75, 3.05) is 26.5 Å². The average Bonchev–Trinajstić information content (AvgIpc) is 2.02. The molecule has 0 spiro atoms. The summed E-state index contributed by atoms with van der Waals surface area (Å²) in [5, 5.41) is 0. The molecule has 0 fully saturated rings. The van der Waals surface area contributed by atoms with Crippen LogP contribution < -0.4 is 5.73 Å². The van der Waals surface area contributed by atoms with Gasteiger partial charge in [-0.1, -0.05) is 12.2 Å². The van der Waals surface area contributed by atoms with Crippen molar-refractivity contribution >= 4 is 33.2 Å². The highest BCUT2D eigenvalue weighted by atomic mass is 32.2. The maximum Gasteiger partial charge on any atom is 0.322 e. The fourth-order valence-corrected chi connectivity index (χ4v) is 1.88. The standard InChI is InChI=1S/C6H12N2O4S2/c1-8(3-5(7)13)14(10,11)4-6(9)12-2/h3-4H2,1-2H3,(H2,7,13). The van der Waals surface area contributed by atoms with Gasteiger partial charge < -0.3 is 10.5 Å². The molecule has 6 nitrogen and oxygen atoms in total. The molecule has 0 aromatic heterocycles. The minimum absolute atomic E-state index is 0.0425. The summed E-state index contributed by atoms with van der Waals surface area (Å²) >= 11 is 4.54. The molecule has 0 aromatic rings. The number of carbonyl (C=O) groups excluding carboxylic acids is 1. The van der Waals surface area contributed by atoms with Gasteiger partial charge in [-0.3, -0.25) is 4.79 Å². The number of ether oxygens (including phenoxy) is 1. The van der Waals surface area contributed by atoms with Gasteiger partial charge in [-0.05, 0) is 0 Å². The van der Waals surface area contributed by atoms with E-state index in [1.165, 1.54) is 7.05 Å². The summed E-state index contributed by atoms with van der Waals surface area (Å²) in [4.78, 5) is 10.8. The molecule has 82 valence electrons. The van der Waals surface area contributed by atoms with E-state index in [0.717, 1.165) is 11.4 Å². The molecule has 0 heterocycles. The van der Waals surface area contributed by atoms with Gasteiger partial charge in [0.2, 0.25) is 10.0 Å². The van der Waals surface area contributed by atoms with Crippen LogP contribution in [0.5, 0.6) is 0 Å². The normalized spacial score (nSPS) is 11.4. The van der Waals surface area contributed by atoms with Gasteiger partial charge in [0.25, 0.3) is 0 Å². The molecule has 0 radical (unpaired) electrons. The SMILES string of the molecule is COC(=O)CS(=O)(=O)N(C)CC(N)=S. The lowest BCUT2D eigenvalue weighted by atomic mass is 10.7. The number of nitrogens with two attached hydrogens (primary N) is 1. The highest BCUT2D eigenvalue weighted by molar-refractivity contribution is 7.89. The second-order valence-electron chi connectivity index (χ2n) is 2.55. The Hall–Kier alpha value is -0.730. The van der Waals surface area contributed by atoms with E-state index in [1.807, 2.05) is 0 Å². The minimum atomic E-state index is -3.68. The first-order chi connectivity index (χ1) is 6.29. The van der Waals surface area contributed by atoms with E-state index in [9.17, 15) is 13.2 Å². The highest BCUT2D eigenvalue weighted by Gasteiger charge is 2.22. The van der Waals surface area contributed by atoms with E-state index in [2.05, 4.69) is 17.0 Å². The molecule has 8 heteroatoms. The third-order valence-corrected chi connectivity index (χ3v) is 3.19. The summed E-state index contributed by atoms with van der Waals surface area (Å²) in [5.41, 5.74) is 5.16. The van der Waals surface area contributed by atoms with E-state index in [-0.39, 0.29) is 11.5 Å². The largest absolute Gasteiger partial charge is 0.468 e. The second-order valence-corrected chi connectivity index (χ2v) is 5.15. The van der Waals surface area contributed by atoms with Gasteiger partial charge >= 0.3 is 5.97 Å². The second kappa shape index (κ2) is 5.23. The number of nitrogens with zero attached hydrogens (tertiary/aromatic N) is 1. The summed E-state index contributed by atoms with van der Waals surface area (Å²) < 4.78 is 27.8. The predicted octanol–water partition coefficient (Wildman–Crippen LogP) is -1.29. The van der Waals surface area contributed by atoms with Crippen LogP contribution in [0.2, 0.25) is 0 Å². The van der Waals surface area contributed by atoms with Crippen LogP contribution >= 0.6 is 12.2 Å². The van der Waals surface area contributed by atoms with Crippen molar-refractivity contribution in [3.63, 3.8) is 0 Å². The predicted molar refractivity (Wildman–Crippen MR) is 55.2 cm³/mol. The summed E-state index contributed by atoms with van der Waals surface area (Å²) in [6, 6.07) is 0. The zero-order valence-corrected chi connectivity index (χ0v) is 9.52. The summed E-state index contributed by atoms with van der Waals surface area (Å²) in [5.74, 6) is -1.53. The van der Waals surface area contributed by atoms with Crippen LogP contribution in [-0.2, 0) is 19.6 Å². The topological polar surface area (TPSA) is 89.7 Å². The Kier molecular flexibility index (Phi) is 4.95. The molecule has 2 N–H and O–H groups in total. The monoisotopic (exact) mass is 240 g/mol. The molecule has 0 aliphatic carbocycles. The zero-order valence-electron chi connectivity index (χ0n) is 7.89. The smallest absolute Gasteiger partial charge is 0.322 e. The van der Waals surface area contributed by atoms with Gasteiger partial charge in [-0.2, -0.15) is 4.31 Å². The van der Waals surface area contributed by atoms with Crippen LogP contribution in [0.25, 0.3) is 0 Å². The molecule has 14 heavy (non-hydrogen) atoms. The number of esters is 1. The van der Waals surface area contributed by atoms with Crippen molar-refractivity contribution in [2.24, 2.45) is 5.73 Å². The van der Waals surface area contributed by atoms with Crippen LogP contribution in [0.4, 0.5) is 0 Å². The van der Waals surface area contributed by atoms with Crippen molar-refractivity contribution in [1.82, 2.24) is 4.31 Å². The van der Waals surface area contributed by atoms with Crippen LogP contribution in [-0.4, -0.2) is 50.1 Å². The van der Waals surface area contributed by atoms with Crippen LogP contribution in [0.1, 0.15) is 0 Å². The fraction of sp³-hybridized carbons (Fsp3) is 0.667. The van der Waals surface area contributed by atoms with E-state index in [4.69, 9.17) is 5.73 Å². The molecule has 0 bridgehead atoms. The Morgan fingerprint density at radius 1 is 1.57 bits per heavy atom. The lowest BCUT2D eigenvalue weighted by Gasteiger charge is -2.14. The van der Waals surface area contributed by atoms with Gasteiger partial charge in [-0.15, -0.1) is 0 Å². The highest BCUT2D eigenvalue weighted by Crippen LogP contribution is 1.98. The Morgan fingerprint density at radius 2 is 2.07 bits per heavy atom. The van der Waals surface area contributed by atoms with Crippen molar-refractivity contribution in [2.45, 2.75) is 0 Å². The van der Waals surface area contributed by atoms with Crippen LogP contribution in [0, 0.1) is 0 Å². The summed E-state index contributed by atoms with van der Waals surface area (Å²) in [7, 11) is -1.27. The fourth-order valence-electron chi connectivity index (χ4n) is 0.636. The van der Waals surface area contributed by atoms with Gasteiger partial charge in [-0.25, -0.2) is 8.42 Å². The Balaban J connectivity index is 4.46. The van der Waals surface area contributed by atoms with E-state index in [0.29, 0.717) is 0 Å². The van der Waals surface area contributed by atoms with Crippen molar-refractivity contribution in [1.29, 1.82) is 0 Å². The van der Waals surface area contributed by atoms with Crippen molar-refractivity contribution in [3.8, 4) is 0 Å². The van der Waals surface area contributed by atoms with Gasteiger partial charge in [0.1, 0.15) is 0 Å². The molecule has 0 saturated heterocycles. The van der Waals surface area contributed by atoms with Gasteiger partial charge in [0, 0.05) is 7.05 Å². The first-order valence-corrected chi connectivity index (χ1v) is 5.60. The molecule has 0 aliphatic rings. The molecule has 0 aliphatic heterocycles. The maximum atomic E-state index is 11.3. The zero-order chi connectivity index (χ0) is 11.4. The third-order valence-electron chi connectivity index (χ3n) is 1.38. The number of carbonyl (C=O) groups is 1. The quantitative estimate of drug-likeness (QED) is 0.475. The number of hydrogen-bond donors (Lipinski definition) is 1. The molecule has 0 rings (SSSR count). The summed E-state index contributed by atoms with van der Waals surface area (Å²) in [6.07, 6.45) is 0.